The number of rotatable bonds is 7. The van der Waals surface area contributed by atoms with Crippen molar-refractivity contribution in [2.24, 2.45) is 0 Å². The van der Waals surface area contributed by atoms with Gasteiger partial charge in [-0.2, -0.15) is 0 Å². The highest BCUT2D eigenvalue weighted by molar-refractivity contribution is 5.77. The fraction of sp³-hybridized carbons (Fsp3) is 0.409. The van der Waals surface area contributed by atoms with Crippen LogP contribution < -0.4 is 4.74 Å². The molecule has 134 valence electrons. The molecule has 0 atom stereocenters. The predicted molar refractivity (Wildman–Crippen MR) is 102 cm³/mol. The molecule has 3 nitrogen and oxygen atoms in total. The molecule has 2 aromatic carbocycles. The largest absolute Gasteiger partial charge is 0.508 e. The summed E-state index contributed by atoms with van der Waals surface area (Å²) < 4.78 is 5.58. The van der Waals surface area contributed by atoms with E-state index in [9.17, 15) is 9.90 Å². The summed E-state index contributed by atoms with van der Waals surface area (Å²) in [6.07, 6.45) is 1.73. The standard InChI is InChI=1S/C22H28O3/c1-6-18-12-19(25-13-16(5)23)9-15(4)21(18)11-17-7-8-22(24)20(10-17)14(2)3/h7-10,12,14,24H,6,11,13H2,1-5H3. The maximum atomic E-state index is 11.1. The first-order valence-electron chi connectivity index (χ1n) is 8.88. The van der Waals surface area contributed by atoms with E-state index in [2.05, 4.69) is 33.8 Å². The van der Waals surface area contributed by atoms with Crippen molar-refractivity contribution in [1.82, 2.24) is 0 Å². The van der Waals surface area contributed by atoms with E-state index in [1.54, 1.807) is 6.07 Å². The SMILES string of the molecule is CCc1cc(OCC(C)=O)cc(C)c1Cc1ccc(O)c(C(C)C)c1. The van der Waals surface area contributed by atoms with E-state index in [1.807, 2.05) is 18.2 Å². The fourth-order valence-electron chi connectivity index (χ4n) is 3.07. The lowest BCUT2D eigenvalue weighted by Crippen LogP contribution is -2.08. The monoisotopic (exact) mass is 340 g/mol. The van der Waals surface area contributed by atoms with Gasteiger partial charge in [-0.15, -0.1) is 0 Å². The van der Waals surface area contributed by atoms with Gasteiger partial charge >= 0.3 is 0 Å². The van der Waals surface area contributed by atoms with Crippen LogP contribution in [0.15, 0.2) is 30.3 Å². The van der Waals surface area contributed by atoms with Crippen LogP contribution in [0.25, 0.3) is 0 Å². The molecule has 0 heterocycles. The van der Waals surface area contributed by atoms with Gasteiger partial charge in [0.05, 0.1) is 0 Å². The molecule has 0 aliphatic carbocycles. The predicted octanol–water partition coefficient (Wildman–Crippen LogP) is 4.95. The minimum absolute atomic E-state index is 0.0186. The van der Waals surface area contributed by atoms with Crippen molar-refractivity contribution < 1.29 is 14.6 Å². The summed E-state index contributed by atoms with van der Waals surface area (Å²) in [7, 11) is 0. The number of aryl methyl sites for hydroxylation is 2. The number of ether oxygens (including phenoxy) is 1. The second-order valence-corrected chi connectivity index (χ2v) is 6.95. The highest BCUT2D eigenvalue weighted by atomic mass is 16.5. The lowest BCUT2D eigenvalue weighted by molar-refractivity contribution is -0.118. The fourth-order valence-corrected chi connectivity index (χ4v) is 3.07. The number of carbonyl (C=O) groups is 1. The average Bonchev–Trinajstić information content (AvgIpc) is 2.56. The molecule has 0 aromatic heterocycles. The molecule has 25 heavy (non-hydrogen) atoms. The Morgan fingerprint density at radius 2 is 1.92 bits per heavy atom. The maximum Gasteiger partial charge on any atom is 0.167 e. The van der Waals surface area contributed by atoms with Gasteiger partial charge in [0.1, 0.15) is 18.1 Å². The smallest absolute Gasteiger partial charge is 0.167 e. The summed E-state index contributed by atoms with van der Waals surface area (Å²) in [5.41, 5.74) is 5.86. The second kappa shape index (κ2) is 8.19. The summed E-state index contributed by atoms with van der Waals surface area (Å²) in [5, 5.41) is 10.0. The van der Waals surface area contributed by atoms with Gasteiger partial charge in [-0.05, 0) is 78.6 Å². The van der Waals surface area contributed by atoms with Crippen LogP contribution in [0.4, 0.5) is 0 Å². The van der Waals surface area contributed by atoms with Crippen LogP contribution in [-0.2, 0) is 17.6 Å². The molecule has 0 aliphatic heterocycles. The van der Waals surface area contributed by atoms with Gasteiger partial charge in [-0.25, -0.2) is 0 Å². The Balaban J connectivity index is 2.33. The molecule has 3 heteroatoms. The van der Waals surface area contributed by atoms with Crippen molar-refractivity contribution in [3.8, 4) is 11.5 Å². The first-order chi connectivity index (χ1) is 11.8. The molecule has 0 amide bonds. The third-order valence-electron chi connectivity index (χ3n) is 4.46. The maximum absolute atomic E-state index is 11.1. The number of ketones is 1. The quantitative estimate of drug-likeness (QED) is 0.776. The van der Waals surface area contributed by atoms with E-state index in [1.165, 1.54) is 23.6 Å². The van der Waals surface area contributed by atoms with E-state index >= 15 is 0 Å². The Bertz CT molecular complexity index is 760. The van der Waals surface area contributed by atoms with E-state index in [0.29, 0.717) is 5.75 Å². The number of hydrogen-bond donors (Lipinski definition) is 1. The van der Waals surface area contributed by atoms with E-state index in [4.69, 9.17) is 4.74 Å². The van der Waals surface area contributed by atoms with Crippen molar-refractivity contribution in [2.45, 2.75) is 53.4 Å². The first-order valence-corrected chi connectivity index (χ1v) is 8.88. The minimum Gasteiger partial charge on any atom is -0.508 e. The normalized spacial score (nSPS) is 11.0. The molecule has 0 saturated heterocycles. The van der Waals surface area contributed by atoms with Crippen molar-refractivity contribution in [3.63, 3.8) is 0 Å². The van der Waals surface area contributed by atoms with Crippen molar-refractivity contribution in [1.29, 1.82) is 0 Å². The zero-order chi connectivity index (χ0) is 18.6. The van der Waals surface area contributed by atoms with Crippen LogP contribution >= 0.6 is 0 Å². The third kappa shape index (κ3) is 4.85. The Labute approximate surface area is 150 Å². The molecular weight excluding hydrogens is 312 g/mol. The van der Waals surface area contributed by atoms with Crippen molar-refractivity contribution in [2.75, 3.05) is 6.61 Å². The van der Waals surface area contributed by atoms with Crippen LogP contribution in [0, 0.1) is 6.92 Å². The second-order valence-electron chi connectivity index (χ2n) is 6.95. The zero-order valence-corrected chi connectivity index (χ0v) is 15.8. The van der Waals surface area contributed by atoms with Crippen molar-refractivity contribution in [3.05, 3.63) is 58.1 Å². The highest BCUT2D eigenvalue weighted by Crippen LogP contribution is 2.30. The molecule has 0 bridgehead atoms. The Morgan fingerprint density at radius 1 is 1.20 bits per heavy atom. The van der Waals surface area contributed by atoms with Crippen LogP contribution in [0.3, 0.4) is 0 Å². The molecule has 2 aromatic rings. The molecule has 1 N–H and O–H groups in total. The minimum atomic E-state index is 0.0186. The lowest BCUT2D eigenvalue weighted by Gasteiger charge is -2.16. The van der Waals surface area contributed by atoms with Gasteiger partial charge in [-0.1, -0.05) is 32.9 Å². The van der Waals surface area contributed by atoms with E-state index in [0.717, 1.165) is 29.7 Å². The molecule has 0 saturated carbocycles. The summed E-state index contributed by atoms with van der Waals surface area (Å²) in [5.74, 6) is 1.42. The molecule has 0 aliphatic rings. The number of phenolic OH excluding ortho intramolecular Hbond substituents is 1. The number of Topliss-reactive ketones (excluding diaryl/α,β-unsaturated/α-hetero) is 1. The number of carbonyl (C=O) groups excluding carboxylic acids is 1. The number of phenols is 1. The third-order valence-corrected chi connectivity index (χ3v) is 4.46. The summed E-state index contributed by atoms with van der Waals surface area (Å²) in [4.78, 5) is 11.1. The first kappa shape index (κ1) is 19.0. The molecule has 0 radical (unpaired) electrons. The Hall–Kier alpha value is -2.29. The number of aromatic hydroxyl groups is 1. The number of hydrogen-bond acceptors (Lipinski definition) is 3. The molecule has 0 fully saturated rings. The van der Waals surface area contributed by atoms with Gasteiger partial charge < -0.3 is 9.84 Å². The summed E-state index contributed by atoms with van der Waals surface area (Å²) in [6, 6.07) is 9.91. The summed E-state index contributed by atoms with van der Waals surface area (Å²) >= 11 is 0. The van der Waals surface area contributed by atoms with Gasteiger partial charge in [0.25, 0.3) is 0 Å². The zero-order valence-electron chi connectivity index (χ0n) is 15.8. The Morgan fingerprint density at radius 3 is 2.52 bits per heavy atom. The molecule has 0 spiro atoms. The topological polar surface area (TPSA) is 46.5 Å². The highest BCUT2D eigenvalue weighted by Gasteiger charge is 2.12. The molecule has 0 unspecified atom stereocenters. The van der Waals surface area contributed by atoms with Gasteiger partial charge in [0.15, 0.2) is 5.78 Å². The van der Waals surface area contributed by atoms with Gasteiger partial charge in [0.2, 0.25) is 0 Å². The molecular formula is C22H28O3. The van der Waals surface area contributed by atoms with Crippen LogP contribution in [0.2, 0.25) is 0 Å². The van der Waals surface area contributed by atoms with Crippen molar-refractivity contribution >= 4 is 5.78 Å². The summed E-state index contributed by atoms with van der Waals surface area (Å²) in [6.45, 7) is 10.0. The van der Waals surface area contributed by atoms with Crippen LogP contribution in [0.5, 0.6) is 11.5 Å². The lowest BCUT2D eigenvalue weighted by atomic mass is 9.91. The Kier molecular flexibility index (Phi) is 6.24. The van der Waals surface area contributed by atoms with Crippen LogP contribution in [0.1, 0.15) is 61.4 Å². The average molecular weight is 340 g/mol. The molecule has 2 rings (SSSR count). The number of benzene rings is 2. The van der Waals surface area contributed by atoms with E-state index < -0.39 is 0 Å². The van der Waals surface area contributed by atoms with Gasteiger partial charge in [-0.3, -0.25) is 4.79 Å². The van der Waals surface area contributed by atoms with E-state index in [-0.39, 0.29) is 18.3 Å². The van der Waals surface area contributed by atoms with Gasteiger partial charge in [0, 0.05) is 0 Å². The van der Waals surface area contributed by atoms with Crippen LogP contribution in [-0.4, -0.2) is 17.5 Å².